The van der Waals surface area contributed by atoms with Gasteiger partial charge in [-0.15, -0.1) is 0 Å². The molecular weight excluding hydrogens is 448 g/mol. The van der Waals surface area contributed by atoms with Gasteiger partial charge in [0.25, 0.3) is 0 Å². The van der Waals surface area contributed by atoms with E-state index in [-0.39, 0.29) is 6.54 Å². The Morgan fingerprint density at radius 3 is 2.34 bits per heavy atom. The highest BCUT2D eigenvalue weighted by molar-refractivity contribution is 6.24. The number of hydrogen-bond acceptors (Lipinski definition) is 6. The Hall–Kier alpha value is -3.10. The lowest BCUT2D eigenvalue weighted by atomic mass is 9.67. The van der Waals surface area contributed by atoms with Gasteiger partial charge in [0.05, 0.1) is 5.41 Å². The molecule has 0 saturated carbocycles. The number of piperidine rings is 3. The summed E-state index contributed by atoms with van der Waals surface area (Å²) in [6.45, 7) is 9.54. The van der Waals surface area contributed by atoms with E-state index in [4.69, 9.17) is 4.74 Å². The van der Waals surface area contributed by atoms with Crippen LogP contribution < -0.4 is 15.5 Å². The maximum atomic E-state index is 13.5. The van der Waals surface area contributed by atoms with Crippen molar-refractivity contribution < 1.29 is 23.9 Å². The normalized spacial score (nSPS) is 27.1. The van der Waals surface area contributed by atoms with Crippen LogP contribution in [-0.4, -0.2) is 66.4 Å². The molecule has 1 aromatic rings. The molecule has 35 heavy (non-hydrogen) atoms. The number of nitrogens with zero attached hydrogens (tertiary/aromatic N) is 2. The second kappa shape index (κ2) is 9.51. The maximum absolute atomic E-state index is 13.5. The largest absolute Gasteiger partial charge is 0.444 e. The quantitative estimate of drug-likeness (QED) is 0.639. The highest BCUT2D eigenvalue weighted by Gasteiger charge is 2.56. The molecule has 1 aromatic carbocycles. The number of amides is 3. The summed E-state index contributed by atoms with van der Waals surface area (Å²) in [5, 5.41) is 5.60. The number of ketones is 1. The molecule has 3 aliphatic rings. The Morgan fingerprint density at radius 1 is 1.06 bits per heavy atom. The van der Waals surface area contributed by atoms with E-state index < -0.39 is 46.7 Å². The molecule has 0 bridgehead atoms. The monoisotopic (exact) mass is 484 g/mol. The Balaban J connectivity index is 1.45. The molecule has 3 amide bonds. The number of fused-ring (bicyclic) bond motifs is 1. The molecule has 9 nitrogen and oxygen atoms in total. The van der Waals surface area contributed by atoms with Gasteiger partial charge in [-0.25, -0.2) is 4.79 Å². The number of Topliss-reactive ketones (excluding diaryl/α,β-unsaturated/α-hetero) is 1. The highest BCUT2D eigenvalue weighted by atomic mass is 16.6. The van der Waals surface area contributed by atoms with Gasteiger partial charge in [-0.05, 0) is 77.6 Å². The minimum Gasteiger partial charge on any atom is -0.444 e. The molecule has 3 fully saturated rings. The highest BCUT2D eigenvalue weighted by Crippen LogP contribution is 2.37. The third-order valence-electron chi connectivity index (χ3n) is 7.15. The number of benzene rings is 1. The zero-order valence-electron chi connectivity index (χ0n) is 21.1. The van der Waals surface area contributed by atoms with E-state index in [1.807, 2.05) is 12.1 Å². The lowest BCUT2D eigenvalue weighted by Crippen LogP contribution is -2.69. The zero-order valence-corrected chi connectivity index (χ0v) is 21.1. The second-order valence-electron chi connectivity index (χ2n) is 11.1. The minimum atomic E-state index is -1.48. The Morgan fingerprint density at radius 2 is 1.71 bits per heavy atom. The van der Waals surface area contributed by atoms with Gasteiger partial charge in [0, 0.05) is 43.6 Å². The molecule has 3 atom stereocenters. The molecular formula is C26H36N4O5. The molecule has 3 heterocycles. The van der Waals surface area contributed by atoms with Crippen LogP contribution in [0.3, 0.4) is 0 Å². The van der Waals surface area contributed by atoms with Gasteiger partial charge in [0.2, 0.25) is 11.8 Å². The third-order valence-corrected chi connectivity index (χ3v) is 7.15. The molecule has 9 heteroatoms. The standard InChI is InChI=1S/C26H36N4O5/c1-25(2,3)35-24(34)30-15-12-19-26(4,16-30)21(31)20(23(33)28-19)22(32)27-17-8-10-18(11-9-17)29-13-6-5-7-14-29/h8-11,19-20H,5-7,12-16H2,1-4H3,(H,27,32)(H,28,33)/t19-,20?,26-/m1/s1. The number of likely N-dealkylation sites (tertiary alicyclic amines) is 1. The van der Waals surface area contributed by atoms with Crippen molar-refractivity contribution in [1.82, 2.24) is 10.2 Å². The van der Waals surface area contributed by atoms with E-state index in [0.717, 1.165) is 18.8 Å². The fraction of sp³-hybridized carbons (Fsp3) is 0.615. The Kier molecular flexibility index (Phi) is 6.79. The van der Waals surface area contributed by atoms with Gasteiger partial charge < -0.3 is 25.2 Å². The van der Waals surface area contributed by atoms with Crippen LogP contribution in [0.1, 0.15) is 53.4 Å². The SMILES string of the molecule is CC(C)(C)OC(=O)N1CC[C@H]2NC(=O)C(C(=O)Nc3ccc(N4CCCCC4)cc3)C(=O)[C@]2(C)C1. The molecule has 190 valence electrons. The van der Waals surface area contributed by atoms with Crippen LogP contribution in [0.4, 0.5) is 16.2 Å². The molecule has 0 aromatic heterocycles. The number of carbonyl (C=O) groups excluding carboxylic acids is 4. The summed E-state index contributed by atoms with van der Waals surface area (Å²) < 4.78 is 5.47. The Bertz CT molecular complexity index is 996. The summed E-state index contributed by atoms with van der Waals surface area (Å²) in [6.07, 6.45) is 3.50. The summed E-state index contributed by atoms with van der Waals surface area (Å²) in [7, 11) is 0. The van der Waals surface area contributed by atoms with Crippen LogP contribution >= 0.6 is 0 Å². The summed E-state index contributed by atoms with van der Waals surface area (Å²) >= 11 is 0. The van der Waals surface area contributed by atoms with Crippen LogP contribution in [0.15, 0.2) is 24.3 Å². The van der Waals surface area contributed by atoms with E-state index in [9.17, 15) is 19.2 Å². The lowest BCUT2D eigenvalue weighted by Gasteiger charge is -2.49. The number of nitrogens with one attached hydrogen (secondary N) is 2. The first-order valence-corrected chi connectivity index (χ1v) is 12.5. The smallest absolute Gasteiger partial charge is 0.410 e. The van der Waals surface area contributed by atoms with Crippen LogP contribution in [0.5, 0.6) is 0 Å². The summed E-state index contributed by atoms with van der Waals surface area (Å²) in [6, 6.07) is 7.04. The van der Waals surface area contributed by atoms with Gasteiger partial charge >= 0.3 is 6.09 Å². The average Bonchev–Trinajstić information content (AvgIpc) is 2.80. The summed E-state index contributed by atoms with van der Waals surface area (Å²) in [5.41, 5.74) is -0.119. The predicted octanol–water partition coefficient (Wildman–Crippen LogP) is 2.95. The van der Waals surface area contributed by atoms with Gasteiger partial charge in [0.15, 0.2) is 11.7 Å². The number of carbonyl (C=O) groups is 4. The molecule has 0 radical (unpaired) electrons. The van der Waals surface area contributed by atoms with Gasteiger partial charge in [-0.1, -0.05) is 0 Å². The molecule has 2 N–H and O–H groups in total. The Labute approximate surface area is 206 Å². The van der Waals surface area contributed by atoms with Crippen molar-refractivity contribution >= 4 is 35.1 Å². The molecule has 0 aliphatic carbocycles. The van der Waals surface area contributed by atoms with Gasteiger partial charge in [0.1, 0.15) is 5.60 Å². The first kappa shape index (κ1) is 25.0. The van der Waals surface area contributed by atoms with Gasteiger partial charge in [-0.2, -0.15) is 0 Å². The van der Waals surface area contributed by atoms with Crippen molar-refractivity contribution in [3.63, 3.8) is 0 Å². The van der Waals surface area contributed by atoms with Crippen molar-refractivity contribution in [3.05, 3.63) is 24.3 Å². The van der Waals surface area contributed by atoms with Crippen LogP contribution in [-0.2, 0) is 19.1 Å². The van der Waals surface area contributed by atoms with E-state index in [1.165, 1.54) is 24.2 Å². The van der Waals surface area contributed by atoms with E-state index in [1.54, 1.807) is 39.8 Å². The van der Waals surface area contributed by atoms with Crippen molar-refractivity contribution in [2.45, 2.75) is 65.0 Å². The summed E-state index contributed by atoms with van der Waals surface area (Å²) in [4.78, 5) is 55.8. The lowest BCUT2D eigenvalue weighted by molar-refractivity contribution is -0.153. The third kappa shape index (κ3) is 5.28. The fourth-order valence-electron chi connectivity index (χ4n) is 5.22. The van der Waals surface area contributed by atoms with Crippen molar-refractivity contribution in [2.75, 3.05) is 36.4 Å². The molecule has 3 aliphatic heterocycles. The first-order valence-electron chi connectivity index (χ1n) is 12.5. The molecule has 1 unspecified atom stereocenters. The number of ether oxygens (including phenoxy) is 1. The fourth-order valence-corrected chi connectivity index (χ4v) is 5.22. The van der Waals surface area contributed by atoms with Crippen LogP contribution in [0.25, 0.3) is 0 Å². The first-order chi connectivity index (χ1) is 16.5. The maximum Gasteiger partial charge on any atom is 0.410 e. The average molecular weight is 485 g/mol. The van der Waals surface area contributed by atoms with Crippen LogP contribution in [0.2, 0.25) is 0 Å². The number of hydrogen-bond donors (Lipinski definition) is 2. The topological polar surface area (TPSA) is 108 Å². The van der Waals surface area contributed by atoms with E-state index in [2.05, 4.69) is 15.5 Å². The zero-order chi connectivity index (χ0) is 25.4. The molecule has 4 rings (SSSR count). The predicted molar refractivity (Wildman–Crippen MR) is 132 cm³/mol. The van der Waals surface area contributed by atoms with Crippen molar-refractivity contribution in [1.29, 1.82) is 0 Å². The minimum absolute atomic E-state index is 0.0833. The van der Waals surface area contributed by atoms with Gasteiger partial charge in [-0.3, -0.25) is 14.4 Å². The van der Waals surface area contributed by atoms with Crippen LogP contribution in [0, 0.1) is 11.3 Å². The second-order valence-corrected chi connectivity index (χ2v) is 11.1. The molecule has 3 saturated heterocycles. The summed E-state index contributed by atoms with van der Waals surface area (Å²) in [5.74, 6) is -3.20. The number of anilines is 2. The van der Waals surface area contributed by atoms with Crippen molar-refractivity contribution in [2.24, 2.45) is 11.3 Å². The van der Waals surface area contributed by atoms with Crippen molar-refractivity contribution in [3.8, 4) is 0 Å². The molecule has 0 spiro atoms. The van der Waals surface area contributed by atoms with E-state index in [0.29, 0.717) is 18.7 Å². The number of rotatable bonds is 3. The van der Waals surface area contributed by atoms with E-state index >= 15 is 0 Å².